The summed E-state index contributed by atoms with van der Waals surface area (Å²) in [6, 6.07) is 9.91. The third kappa shape index (κ3) is 3.44. The van der Waals surface area contributed by atoms with Gasteiger partial charge in [-0.15, -0.1) is 0 Å². The van der Waals surface area contributed by atoms with Crippen molar-refractivity contribution in [2.75, 3.05) is 6.61 Å². The van der Waals surface area contributed by atoms with E-state index in [0.29, 0.717) is 26.8 Å². The fourth-order valence-corrected chi connectivity index (χ4v) is 3.59. The number of aliphatic hydroxyl groups excluding tert-OH is 1. The fraction of sp³-hybridized carbons (Fsp3) is 0.0909. The summed E-state index contributed by atoms with van der Waals surface area (Å²) >= 11 is 12.2. The smallest absolute Gasteiger partial charge is 0.280 e. The Morgan fingerprint density at radius 3 is 2.63 bits per heavy atom. The molecule has 0 saturated carbocycles. The van der Waals surface area contributed by atoms with Gasteiger partial charge in [-0.25, -0.2) is 9.50 Å². The number of nitrogens with one attached hydrogen (secondary N) is 1. The van der Waals surface area contributed by atoms with Gasteiger partial charge in [-0.3, -0.25) is 9.89 Å². The van der Waals surface area contributed by atoms with E-state index in [-0.39, 0.29) is 23.5 Å². The summed E-state index contributed by atoms with van der Waals surface area (Å²) in [7, 11) is 0. The lowest BCUT2D eigenvalue weighted by Gasteiger charge is -2.06. The molecule has 0 fully saturated rings. The molecule has 30 heavy (non-hydrogen) atoms. The second-order valence-electron chi connectivity index (χ2n) is 6.57. The van der Waals surface area contributed by atoms with Gasteiger partial charge in [-0.1, -0.05) is 41.1 Å². The average Bonchev–Trinajstić information content (AvgIpc) is 3.06. The number of aromatic hydroxyl groups is 1. The van der Waals surface area contributed by atoms with Crippen molar-refractivity contribution in [1.82, 2.24) is 14.6 Å². The number of rotatable bonds is 2. The minimum atomic E-state index is -0.362. The SMILES string of the molecule is Cc1[nH]n2c(=O)c(-c3ccc(C#CCO)cc3O)cnc2c1-c1ccc(Cl)c(Cl)c1. The van der Waals surface area contributed by atoms with Crippen LogP contribution in [0.4, 0.5) is 0 Å². The van der Waals surface area contributed by atoms with Gasteiger partial charge in [-0.2, -0.15) is 0 Å². The van der Waals surface area contributed by atoms with E-state index in [2.05, 4.69) is 21.9 Å². The highest BCUT2D eigenvalue weighted by Gasteiger charge is 2.18. The van der Waals surface area contributed by atoms with Crippen molar-refractivity contribution in [2.45, 2.75) is 6.92 Å². The normalized spacial score (nSPS) is 10.8. The van der Waals surface area contributed by atoms with Crippen LogP contribution < -0.4 is 5.56 Å². The van der Waals surface area contributed by atoms with E-state index in [4.69, 9.17) is 28.3 Å². The summed E-state index contributed by atoms with van der Waals surface area (Å²) in [5.74, 6) is 5.12. The van der Waals surface area contributed by atoms with Crippen LogP contribution in [0.3, 0.4) is 0 Å². The fourth-order valence-electron chi connectivity index (χ4n) is 3.29. The molecule has 4 aromatic rings. The first-order valence-electron chi connectivity index (χ1n) is 8.89. The lowest BCUT2D eigenvalue weighted by molar-refractivity contribution is 0.350. The third-order valence-corrected chi connectivity index (χ3v) is 5.39. The molecule has 0 aliphatic carbocycles. The molecular weight excluding hydrogens is 425 g/mol. The number of aromatic amines is 1. The minimum absolute atomic E-state index is 0.105. The van der Waals surface area contributed by atoms with Crippen molar-refractivity contribution >= 4 is 28.8 Å². The standard InChI is InChI=1S/C22H15Cl2N3O3/c1-12-20(14-5-7-17(23)18(24)10-14)21-25-11-16(22(30)27(21)26-12)15-6-4-13(3-2-8-28)9-19(15)29/h4-7,9-11,26,28-29H,8H2,1H3. The number of halogens is 2. The first-order chi connectivity index (χ1) is 14.4. The van der Waals surface area contributed by atoms with Gasteiger partial charge in [0.25, 0.3) is 5.56 Å². The summed E-state index contributed by atoms with van der Waals surface area (Å²) in [5.41, 5.74) is 3.40. The van der Waals surface area contributed by atoms with Gasteiger partial charge in [0.1, 0.15) is 12.4 Å². The maximum absolute atomic E-state index is 13.1. The summed E-state index contributed by atoms with van der Waals surface area (Å²) < 4.78 is 1.33. The Bertz CT molecular complexity index is 1410. The molecule has 0 unspecified atom stereocenters. The maximum atomic E-state index is 13.1. The van der Waals surface area contributed by atoms with Crippen molar-refractivity contribution < 1.29 is 10.2 Å². The first kappa shape index (κ1) is 20.0. The van der Waals surface area contributed by atoms with Crippen LogP contribution in [0.15, 0.2) is 47.4 Å². The molecule has 150 valence electrons. The number of fused-ring (bicyclic) bond motifs is 1. The van der Waals surface area contributed by atoms with Gasteiger partial charge in [0.2, 0.25) is 0 Å². The number of nitrogens with zero attached hydrogens (tertiary/aromatic N) is 2. The molecule has 2 heterocycles. The molecule has 4 rings (SSSR count). The van der Waals surface area contributed by atoms with Crippen LogP contribution in [-0.4, -0.2) is 31.4 Å². The first-order valence-corrected chi connectivity index (χ1v) is 9.65. The second-order valence-corrected chi connectivity index (χ2v) is 7.38. The number of hydrogen-bond acceptors (Lipinski definition) is 4. The van der Waals surface area contributed by atoms with Crippen molar-refractivity contribution in [2.24, 2.45) is 0 Å². The van der Waals surface area contributed by atoms with E-state index in [1.807, 2.05) is 13.0 Å². The Kier molecular flexibility index (Phi) is 5.27. The van der Waals surface area contributed by atoms with E-state index >= 15 is 0 Å². The molecule has 0 atom stereocenters. The highest BCUT2D eigenvalue weighted by atomic mass is 35.5. The Morgan fingerprint density at radius 1 is 1.13 bits per heavy atom. The number of aromatic nitrogens is 3. The minimum Gasteiger partial charge on any atom is -0.507 e. The predicted octanol–water partition coefficient (Wildman–Crippen LogP) is 4.02. The van der Waals surface area contributed by atoms with Crippen LogP contribution in [0, 0.1) is 18.8 Å². The van der Waals surface area contributed by atoms with Gasteiger partial charge in [-0.05, 0) is 42.8 Å². The van der Waals surface area contributed by atoms with Gasteiger partial charge < -0.3 is 10.2 Å². The number of aliphatic hydroxyl groups is 1. The maximum Gasteiger partial charge on any atom is 0.280 e. The molecule has 0 aliphatic heterocycles. The zero-order chi connectivity index (χ0) is 21.4. The molecule has 6 nitrogen and oxygen atoms in total. The highest BCUT2D eigenvalue weighted by Crippen LogP contribution is 2.33. The molecule has 3 N–H and O–H groups in total. The van der Waals surface area contributed by atoms with Crippen LogP contribution in [0.2, 0.25) is 10.0 Å². The number of hydrogen-bond donors (Lipinski definition) is 3. The molecule has 2 aromatic carbocycles. The number of H-pyrrole nitrogens is 1. The van der Waals surface area contributed by atoms with E-state index in [0.717, 1.165) is 16.8 Å². The molecule has 2 aromatic heterocycles. The van der Waals surface area contributed by atoms with Gasteiger partial charge in [0.15, 0.2) is 5.65 Å². The van der Waals surface area contributed by atoms with Crippen LogP contribution in [0.5, 0.6) is 5.75 Å². The van der Waals surface area contributed by atoms with Gasteiger partial charge in [0, 0.05) is 28.6 Å². The Labute approximate surface area is 181 Å². The second kappa shape index (κ2) is 7.88. The summed E-state index contributed by atoms with van der Waals surface area (Å²) in [4.78, 5) is 17.6. The predicted molar refractivity (Wildman–Crippen MR) is 117 cm³/mol. The highest BCUT2D eigenvalue weighted by molar-refractivity contribution is 6.42. The summed E-state index contributed by atoms with van der Waals surface area (Å²) in [5, 5.41) is 23.1. The Balaban J connectivity index is 1.87. The topological polar surface area (TPSA) is 90.6 Å². The van der Waals surface area contributed by atoms with Gasteiger partial charge >= 0.3 is 0 Å². The van der Waals surface area contributed by atoms with E-state index in [1.165, 1.54) is 16.8 Å². The Morgan fingerprint density at radius 2 is 1.93 bits per heavy atom. The van der Waals surface area contributed by atoms with E-state index in [1.54, 1.807) is 24.3 Å². The third-order valence-electron chi connectivity index (χ3n) is 4.65. The lowest BCUT2D eigenvalue weighted by atomic mass is 10.0. The summed E-state index contributed by atoms with van der Waals surface area (Å²) in [6.45, 7) is 1.55. The molecule has 0 aliphatic rings. The lowest BCUT2D eigenvalue weighted by Crippen LogP contribution is -2.17. The molecule has 0 radical (unpaired) electrons. The number of phenols is 1. The molecule has 0 spiro atoms. The number of aryl methyl sites for hydroxylation is 1. The molecule has 0 bridgehead atoms. The van der Waals surface area contributed by atoms with Crippen molar-refractivity contribution in [3.63, 3.8) is 0 Å². The molecular formula is C22H15Cl2N3O3. The number of benzene rings is 2. The largest absolute Gasteiger partial charge is 0.507 e. The van der Waals surface area contributed by atoms with Crippen LogP contribution in [0.1, 0.15) is 11.3 Å². The van der Waals surface area contributed by atoms with Crippen LogP contribution in [-0.2, 0) is 0 Å². The van der Waals surface area contributed by atoms with Crippen LogP contribution >= 0.6 is 23.2 Å². The monoisotopic (exact) mass is 439 g/mol. The van der Waals surface area contributed by atoms with Crippen LogP contribution in [0.25, 0.3) is 27.9 Å². The zero-order valence-electron chi connectivity index (χ0n) is 15.7. The molecule has 0 amide bonds. The van der Waals surface area contributed by atoms with E-state index < -0.39 is 0 Å². The number of phenolic OH excluding ortho intramolecular Hbond substituents is 1. The van der Waals surface area contributed by atoms with Crippen molar-refractivity contribution in [3.05, 3.63) is 74.3 Å². The average molecular weight is 440 g/mol. The summed E-state index contributed by atoms with van der Waals surface area (Å²) in [6.07, 6.45) is 1.43. The van der Waals surface area contributed by atoms with E-state index in [9.17, 15) is 9.90 Å². The molecule has 8 heteroatoms. The Hall–Kier alpha value is -3.24. The van der Waals surface area contributed by atoms with Gasteiger partial charge in [0.05, 0.1) is 15.6 Å². The van der Waals surface area contributed by atoms with Crippen molar-refractivity contribution in [1.29, 1.82) is 0 Å². The molecule has 0 saturated heterocycles. The zero-order valence-corrected chi connectivity index (χ0v) is 17.2. The van der Waals surface area contributed by atoms with Crippen molar-refractivity contribution in [3.8, 4) is 39.8 Å². The quantitative estimate of drug-likeness (QED) is 0.411.